The summed E-state index contributed by atoms with van der Waals surface area (Å²) >= 11 is 0. The first-order valence-corrected chi connectivity index (χ1v) is 4.94. The fourth-order valence-corrected chi connectivity index (χ4v) is 1.10. The minimum Gasteiger partial charge on any atom is -0.218 e. The van der Waals surface area contributed by atoms with Gasteiger partial charge < -0.3 is 0 Å². The van der Waals surface area contributed by atoms with E-state index >= 15 is 0 Å². The maximum absolute atomic E-state index is 10.00. The van der Waals surface area contributed by atoms with Crippen molar-refractivity contribution in [3.63, 3.8) is 0 Å². The van der Waals surface area contributed by atoms with Crippen LogP contribution in [0, 0.1) is 0 Å². The maximum atomic E-state index is 10.00. The van der Waals surface area contributed by atoms with Gasteiger partial charge in [0.1, 0.15) is 0 Å². The molecule has 0 rings (SSSR count). The third-order valence-electron chi connectivity index (χ3n) is 1.33. The zero-order chi connectivity index (χ0) is 8.53. The number of hydrogen-bond donors (Lipinski definition) is 2. The van der Waals surface area contributed by atoms with Crippen molar-refractivity contribution in [2.24, 2.45) is 0 Å². The topological polar surface area (TPSA) is 46.2 Å². The zero-order valence-electron chi connectivity index (χ0n) is 6.58. The highest BCUT2D eigenvalue weighted by atomic mass is 32.2. The number of thiol groups is 1. The number of hydrogen-bond acceptors (Lipinski definition) is 2. The largest absolute Gasteiger partial charge is 0.218 e. The molecule has 0 aromatic carbocycles. The van der Waals surface area contributed by atoms with E-state index in [0.717, 1.165) is 25.7 Å². The SMILES string of the molecule is C=CCCCCCN[SH](=O)=O. The highest BCUT2D eigenvalue weighted by Gasteiger charge is 1.87. The van der Waals surface area contributed by atoms with E-state index in [9.17, 15) is 8.42 Å². The second kappa shape index (κ2) is 7.75. The molecule has 4 heteroatoms. The Labute approximate surface area is 69.6 Å². The van der Waals surface area contributed by atoms with Gasteiger partial charge in [-0.2, -0.15) is 0 Å². The summed E-state index contributed by atoms with van der Waals surface area (Å²) in [6.07, 6.45) is 5.96. The first-order chi connectivity index (χ1) is 5.27. The lowest BCUT2D eigenvalue weighted by atomic mass is 10.2. The van der Waals surface area contributed by atoms with Gasteiger partial charge in [-0.25, -0.2) is 13.1 Å². The van der Waals surface area contributed by atoms with E-state index in [1.165, 1.54) is 0 Å². The Kier molecular flexibility index (Phi) is 7.51. The van der Waals surface area contributed by atoms with Crippen LogP contribution >= 0.6 is 0 Å². The second-order valence-electron chi connectivity index (χ2n) is 2.30. The molecule has 0 spiro atoms. The molecule has 0 unspecified atom stereocenters. The Morgan fingerprint density at radius 1 is 1.27 bits per heavy atom. The Bertz CT molecular complexity index is 158. The minimum absolute atomic E-state index is 0.565. The molecule has 0 radical (unpaired) electrons. The summed E-state index contributed by atoms with van der Waals surface area (Å²) in [4.78, 5) is 0. The molecule has 0 saturated heterocycles. The van der Waals surface area contributed by atoms with Crippen LogP contribution in [0.4, 0.5) is 0 Å². The first-order valence-electron chi connectivity index (χ1n) is 3.76. The van der Waals surface area contributed by atoms with Gasteiger partial charge >= 0.3 is 0 Å². The summed E-state index contributed by atoms with van der Waals surface area (Å²) in [6, 6.07) is 0. The summed E-state index contributed by atoms with van der Waals surface area (Å²) < 4.78 is 22.3. The predicted octanol–water partition coefficient (Wildman–Crippen LogP) is 0.849. The van der Waals surface area contributed by atoms with Crippen molar-refractivity contribution >= 4 is 10.9 Å². The Hall–Kier alpha value is -0.350. The van der Waals surface area contributed by atoms with Gasteiger partial charge in [-0.1, -0.05) is 12.5 Å². The van der Waals surface area contributed by atoms with E-state index in [2.05, 4.69) is 11.3 Å². The number of nitrogens with one attached hydrogen (secondary N) is 1. The maximum Gasteiger partial charge on any atom is 0.201 e. The van der Waals surface area contributed by atoms with Crippen molar-refractivity contribution in [3.05, 3.63) is 12.7 Å². The molecule has 0 aliphatic rings. The van der Waals surface area contributed by atoms with E-state index in [0.29, 0.717) is 6.54 Å². The lowest BCUT2D eigenvalue weighted by Crippen LogP contribution is -2.12. The van der Waals surface area contributed by atoms with Crippen LogP contribution < -0.4 is 4.72 Å². The lowest BCUT2D eigenvalue weighted by Gasteiger charge is -1.96. The molecule has 3 nitrogen and oxygen atoms in total. The molecule has 0 amide bonds. The third-order valence-corrected chi connectivity index (χ3v) is 1.81. The van der Waals surface area contributed by atoms with Crippen LogP contribution in [0.5, 0.6) is 0 Å². The van der Waals surface area contributed by atoms with Gasteiger partial charge in [0.2, 0.25) is 10.9 Å². The normalized spacial score (nSPS) is 10.3. The Morgan fingerprint density at radius 3 is 2.55 bits per heavy atom. The zero-order valence-corrected chi connectivity index (χ0v) is 7.48. The minimum atomic E-state index is -2.40. The van der Waals surface area contributed by atoms with Gasteiger partial charge in [0, 0.05) is 6.54 Å². The molecule has 0 heterocycles. The van der Waals surface area contributed by atoms with Crippen molar-refractivity contribution in [2.45, 2.75) is 25.7 Å². The molecule has 0 aliphatic carbocycles. The number of rotatable bonds is 7. The lowest BCUT2D eigenvalue weighted by molar-refractivity contribution is 0.594. The van der Waals surface area contributed by atoms with Crippen LogP contribution in [0.1, 0.15) is 25.7 Å². The van der Waals surface area contributed by atoms with Gasteiger partial charge in [-0.15, -0.1) is 6.58 Å². The summed E-state index contributed by atoms with van der Waals surface area (Å²) in [6.45, 7) is 4.16. The van der Waals surface area contributed by atoms with Crippen molar-refractivity contribution in [2.75, 3.05) is 6.54 Å². The van der Waals surface area contributed by atoms with E-state index in [-0.39, 0.29) is 0 Å². The summed E-state index contributed by atoms with van der Waals surface area (Å²) in [5, 5.41) is 0. The van der Waals surface area contributed by atoms with Gasteiger partial charge in [0.05, 0.1) is 0 Å². The molecule has 0 aliphatic heterocycles. The number of allylic oxidation sites excluding steroid dienone is 1. The van der Waals surface area contributed by atoms with Crippen LogP contribution in [0.25, 0.3) is 0 Å². The van der Waals surface area contributed by atoms with E-state index in [1.54, 1.807) is 0 Å². The predicted molar refractivity (Wildman–Crippen MR) is 47.0 cm³/mol. The van der Waals surface area contributed by atoms with Gasteiger partial charge in [0.25, 0.3) is 0 Å². The third kappa shape index (κ3) is 9.65. The fourth-order valence-electron chi connectivity index (χ4n) is 0.761. The van der Waals surface area contributed by atoms with Crippen molar-refractivity contribution in [1.29, 1.82) is 0 Å². The van der Waals surface area contributed by atoms with Crippen LogP contribution in [0.15, 0.2) is 12.7 Å². The molecular formula is C7H15NO2S. The summed E-state index contributed by atoms with van der Waals surface area (Å²) in [7, 11) is -2.40. The average Bonchev–Trinajstić information content (AvgIpc) is 1.96. The number of unbranched alkanes of at least 4 members (excludes halogenated alkanes) is 3. The second-order valence-corrected chi connectivity index (χ2v) is 3.13. The highest BCUT2D eigenvalue weighted by molar-refractivity contribution is 7.70. The molecular weight excluding hydrogens is 162 g/mol. The Morgan fingerprint density at radius 2 is 2.00 bits per heavy atom. The summed E-state index contributed by atoms with van der Waals surface area (Å²) in [5.41, 5.74) is 0. The van der Waals surface area contributed by atoms with Crippen LogP contribution in [0.2, 0.25) is 0 Å². The van der Waals surface area contributed by atoms with Crippen molar-refractivity contribution in [3.8, 4) is 0 Å². The van der Waals surface area contributed by atoms with Crippen LogP contribution in [0.3, 0.4) is 0 Å². The Balaban J connectivity index is 2.96. The molecule has 0 saturated carbocycles. The van der Waals surface area contributed by atoms with E-state index in [1.807, 2.05) is 6.08 Å². The molecule has 0 fully saturated rings. The molecule has 1 N–H and O–H groups in total. The highest BCUT2D eigenvalue weighted by Crippen LogP contribution is 1.98. The molecule has 0 aromatic rings. The molecule has 0 aromatic heterocycles. The van der Waals surface area contributed by atoms with E-state index < -0.39 is 10.9 Å². The smallest absolute Gasteiger partial charge is 0.201 e. The van der Waals surface area contributed by atoms with Gasteiger partial charge in [0.15, 0.2) is 0 Å². The standard InChI is InChI=1S/C7H15NO2S/c1-2-3-4-5-6-7-8-11(9)10/h2,11H,1,3-7H2,(H,8,9,10). The van der Waals surface area contributed by atoms with Gasteiger partial charge in [-0.05, 0) is 19.3 Å². The van der Waals surface area contributed by atoms with Crippen LogP contribution in [-0.4, -0.2) is 15.0 Å². The first kappa shape index (κ1) is 10.7. The quantitative estimate of drug-likeness (QED) is 0.344. The average molecular weight is 177 g/mol. The molecule has 11 heavy (non-hydrogen) atoms. The molecule has 0 bridgehead atoms. The summed E-state index contributed by atoms with van der Waals surface area (Å²) in [5.74, 6) is 0. The molecule has 0 atom stereocenters. The van der Waals surface area contributed by atoms with E-state index in [4.69, 9.17) is 0 Å². The monoisotopic (exact) mass is 177 g/mol. The van der Waals surface area contributed by atoms with Gasteiger partial charge in [-0.3, -0.25) is 0 Å². The molecule has 66 valence electrons. The fraction of sp³-hybridized carbons (Fsp3) is 0.714. The van der Waals surface area contributed by atoms with Crippen molar-refractivity contribution < 1.29 is 8.42 Å². The van der Waals surface area contributed by atoms with Crippen LogP contribution in [-0.2, 0) is 10.9 Å². The van der Waals surface area contributed by atoms with Crippen molar-refractivity contribution in [1.82, 2.24) is 4.72 Å².